The van der Waals surface area contributed by atoms with Gasteiger partial charge in [0.15, 0.2) is 0 Å². The van der Waals surface area contributed by atoms with Gasteiger partial charge < -0.3 is 0 Å². The lowest BCUT2D eigenvalue weighted by Gasteiger charge is -2.00. The number of rotatable bonds is 2. The van der Waals surface area contributed by atoms with E-state index in [1.54, 1.807) is 12.1 Å². The van der Waals surface area contributed by atoms with Crippen molar-refractivity contribution in [3.05, 3.63) is 63.8 Å². The van der Waals surface area contributed by atoms with E-state index in [4.69, 9.17) is 11.6 Å². The van der Waals surface area contributed by atoms with E-state index in [9.17, 15) is 13.6 Å². The van der Waals surface area contributed by atoms with Crippen molar-refractivity contribution >= 4 is 38.8 Å². The summed E-state index contributed by atoms with van der Waals surface area (Å²) in [5.41, 5.74) is -0.292. The van der Waals surface area contributed by atoms with Gasteiger partial charge in [-0.05, 0) is 18.2 Å². The Kier molecular flexibility index (Phi) is 3.23. The highest BCUT2D eigenvalue weighted by molar-refractivity contribution is 7.21. The number of benzene rings is 1. The summed E-state index contributed by atoms with van der Waals surface area (Å²) in [7, 11) is 0. The largest absolute Gasteiger partial charge is 0.287 e. The van der Waals surface area contributed by atoms with Gasteiger partial charge in [0.2, 0.25) is 17.7 Å². The van der Waals surface area contributed by atoms with Crippen molar-refractivity contribution in [2.75, 3.05) is 0 Å². The highest BCUT2D eigenvalue weighted by Gasteiger charge is 2.22. The number of hydrogen-bond acceptors (Lipinski definition) is 3. The molecule has 0 unspecified atom stereocenters. The molecule has 0 bridgehead atoms. The molecule has 1 aromatic carbocycles. The number of thiophene rings is 1. The van der Waals surface area contributed by atoms with Gasteiger partial charge in [-0.3, -0.25) is 4.79 Å². The van der Waals surface area contributed by atoms with E-state index >= 15 is 0 Å². The zero-order chi connectivity index (χ0) is 14.3. The monoisotopic (exact) mass is 309 g/mol. The zero-order valence-corrected chi connectivity index (χ0v) is 11.4. The van der Waals surface area contributed by atoms with Crippen molar-refractivity contribution in [2.24, 2.45) is 0 Å². The molecule has 0 saturated heterocycles. The minimum Gasteiger partial charge on any atom is -0.287 e. The van der Waals surface area contributed by atoms with E-state index in [0.717, 1.165) is 22.2 Å². The molecule has 0 fully saturated rings. The number of fused-ring (bicyclic) bond motifs is 1. The van der Waals surface area contributed by atoms with Crippen LogP contribution in [0, 0.1) is 11.9 Å². The first kappa shape index (κ1) is 13.1. The number of aromatic nitrogens is 1. The van der Waals surface area contributed by atoms with E-state index < -0.39 is 17.7 Å². The van der Waals surface area contributed by atoms with Gasteiger partial charge in [0.1, 0.15) is 0 Å². The molecule has 20 heavy (non-hydrogen) atoms. The number of hydrogen-bond donors (Lipinski definition) is 0. The molecule has 0 radical (unpaired) electrons. The number of carbonyl (C=O) groups is 1. The van der Waals surface area contributed by atoms with Crippen LogP contribution in [-0.4, -0.2) is 10.8 Å². The van der Waals surface area contributed by atoms with Gasteiger partial charge in [-0.1, -0.05) is 29.8 Å². The minimum atomic E-state index is -1.14. The van der Waals surface area contributed by atoms with Gasteiger partial charge >= 0.3 is 0 Å². The standard InChI is InChI=1S/C14H6ClF2NOS/c15-11-7-3-1-2-4-9(7)20-13(11)12(19)8-5-6-10(16)18-14(8)17/h1-6H. The van der Waals surface area contributed by atoms with Gasteiger partial charge in [0.05, 0.1) is 15.5 Å². The molecule has 2 nitrogen and oxygen atoms in total. The molecule has 6 heteroatoms. The van der Waals surface area contributed by atoms with E-state index in [-0.39, 0.29) is 15.5 Å². The second-order valence-electron chi connectivity index (χ2n) is 4.04. The van der Waals surface area contributed by atoms with Crippen LogP contribution in [0.5, 0.6) is 0 Å². The summed E-state index contributed by atoms with van der Waals surface area (Å²) in [5.74, 6) is -2.70. The quantitative estimate of drug-likeness (QED) is 0.517. The summed E-state index contributed by atoms with van der Waals surface area (Å²) >= 11 is 7.33. The molecule has 0 atom stereocenters. The van der Waals surface area contributed by atoms with Gasteiger partial charge in [-0.2, -0.15) is 13.8 Å². The number of halogens is 3. The lowest BCUT2D eigenvalue weighted by Crippen LogP contribution is -2.05. The van der Waals surface area contributed by atoms with E-state index in [2.05, 4.69) is 4.98 Å². The topological polar surface area (TPSA) is 30.0 Å². The van der Waals surface area contributed by atoms with Crippen LogP contribution in [0.15, 0.2) is 36.4 Å². The Morgan fingerprint density at radius 1 is 1.15 bits per heavy atom. The normalized spacial score (nSPS) is 10.9. The maximum Gasteiger partial charge on any atom is 0.226 e. The average Bonchev–Trinajstić information content (AvgIpc) is 2.76. The van der Waals surface area contributed by atoms with Crippen molar-refractivity contribution in [3.8, 4) is 0 Å². The number of ketones is 1. The Balaban J connectivity index is 2.15. The molecule has 0 aliphatic heterocycles. The van der Waals surface area contributed by atoms with Crippen LogP contribution in [-0.2, 0) is 0 Å². The Labute approximate surface area is 121 Å². The Morgan fingerprint density at radius 3 is 2.60 bits per heavy atom. The number of carbonyl (C=O) groups excluding carboxylic acids is 1. The summed E-state index contributed by atoms with van der Waals surface area (Å²) in [6, 6.07) is 9.24. The third kappa shape index (κ3) is 2.09. The molecule has 2 heterocycles. The molecule has 0 spiro atoms. The predicted molar refractivity (Wildman–Crippen MR) is 74.4 cm³/mol. The maximum atomic E-state index is 13.6. The molecular formula is C14H6ClF2NOS. The van der Waals surface area contributed by atoms with Crippen LogP contribution >= 0.6 is 22.9 Å². The SMILES string of the molecule is O=C(c1ccc(F)nc1F)c1sc2ccccc2c1Cl. The van der Waals surface area contributed by atoms with Crippen LogP contribution in [0.25, 0.3) is 10.1 Å². The first-order valence-electron chi connectivity index (χ1n) is 5.61. The molecule has 0 saturated carbocycles. The molecule has 100 valence electrons. The molecule has 0 aliphatic carbocycles. The third-order valence-electron chi connectivity index (χ3n) is 2.80. The molecule has 0 amide bonds. The lowest BCUT2D eigenvalue weighted by atomic mass is 10.1. The predicted octanol–water partition coefficient (Wildman–Crippen LogP) is 4.46. The van der Waals surface area contributed by atoms with Gasteiger partial charge in [0, 0.05) is 10.1 Å². The van der Waals surface area contributed by atoms with Crippen LogP contribution < -0.4 is 0 Å². The molecular weight excluding hydrogens is 304 g/mol. The van der Waals surface area contributed by atoms with Crippen molar-refractivity contribution in [3.63, 3.8) is 0 Å². The number of pyridine rings is 1. The lowest BCUT2D eigenvalue weighted by molar-refractivity contribution is 0.103. The molecule has 3 aromatic rings. The van der Waals surface area contributed by atoms with Crippen LogP contribution in [0.3, 0.4) is 0 Å². The van der Waals surface area contributed by atoms with Crippen molar-refractivity contribution in [1.29, 1.82) is 0 Å². The molecule has 0 aliphatic rings. The average molecular weight is 310 g/mol. The summed E-state index contributed by atoms with van der Waals surface area (Å²) in [6.07, 6.45) is 0. The molecule has 0 N–H and O–H groups in total. The van der Waals surface area contributed by atoms with E-state index in [1.807, 2.05) is 12.1 Å². The fourth-order valence-corrected chi connectivity index (χ4v) is 3.34. The Hall–Kier alpha value is -1.85. The van der Waals surface area contributed by atoms with E-state index in [0.29, 0.717) is 0 Å². The smallest absolute Gasteiger partial charge is 0.226 e. The highest BCUT2D eigenvalue weighted by Crippen LogP contribution is 2.36. The third-order valence-corrected chi connectivity index (χ3v) is 4.47. The van der Waals surface area contributed by atoms with Crippen LogP contribution in [0.4, 0.5) is 8.78 Å². The summed E-state index contributed by atoms with van der Waals surface area (Å²) in [4.78, 5) is 15.5. The fourth-order valence-electron chi connectivity index (χ4n) is 1.86. The first-order chi connectivity index (χ1) is 9.58. The summed E-state index contributed by atoms with van der Waals surface area (Å²) < 4.78 is 27.2. The van der Waals surface area contributed by atoms with Crippen LogP contribution in [0.2, 0.25) is 5.02 Å². The zero-order valence-electron chi connectivity index (χ0n) is 9.86. The van der Waals surface area contributed by atoms with E-state index in [1.165, 1.54) is 11.3 Å². The number of nitrogens with zero attached hydrogens (tertiary/aromatic N) is 1. The summed E-state index contributed by atoms with van der Waals surface area (Å²) in [6.45, 7) is 0. The highest BCUT2D eigenvalue weighted by atomic mass is 35.5. The first-order valence-corrected chi connectivity index (χ1v) is 6.81. The molecule has 2 aromatic heterocycles. The van der Waals surface area contributed by atoms with Crippen molar-refractivity contribution in [1.82, 2.24) is 4.98 Å². The van der Waals surface area contributed by atoms with Gasteiger partial charge in [-0.15, -0.1) is 11.3 Å². The van der Waals surface area contributed by atoms with Crippen molar-refractivity contribution < 1.29 is 13.6 Å². The fraction of sp³-hybridized carbons (Fsp3) is 0. The van der Waals surface area contributed by atoms with Crippen LogP contribution in [0.1, 0.15) is 15.2 Å². The minimum absolute atomic E-state index is 0.222. The summed E-state index contributed by atoms with van der Waals surface area (Å²) in [5, 5.41) is 1.01. The maximum absolute atomic E-state index is 13.6. The second-order valence-corrected chi connectivity index (χ2v) is 5.47. The van der Waals surface area contributed by atoms with Gasteiger partial charge in [0.25, 0.3) is 0 Å². The van der Waals surface area contributed by atoms with Gasteiger partial charge in [-0.25, -0.2) is 0 Å². The Bertz CT molecular complexity index is 831. The Morgan fingerprint density at radius 2 is 1.90 bits per heavy atom. The second kappa shape index (κ2) is 4.92. The molecule has 3 rings (SSSR count). The van der Waals surface area contributed by atoms with Crippen molar-refractivity contribution in [2.45, 2.75) is 0 Å².